The molecule has 1 unspecified atom stereocenters. The average Bonchev–Trinajstić information content (AvgIpc) is 3.05. The molecule has 0 spiro atoms. The summed E-state index contributed by atoms with van der Waals surface area (Å²) >= 11 is 0. The molecule has 1 saturated heterocycles. The molecular weight excluding hydrogens is 418 g/mol. The van der Waals surface area contributed by atoms with E-state index in [9.17, 15) is 14.7 Å². The highest BCUT2D eigenvalue weighted by Crippen LogP contribution is 2.40. The molecule has 0 radical (unpaired) electrons. The van der Waals surface area contributed by atoms with Gasteiger partial charge in [0.25, 0.3) is 11.7 Å². The molecule has 1 atom stereocenters. The van der Waals surface area contributed by atoms with Gasteiger partial charge >= 0.3 is 0 Å². The van der Waals surface area contributed by atoms with Gasteiger partial charge in [0, 0.05) is 12.1 Å². The van der Waals surface area contributed by atoms with E-state index < -0.39 is 17.7 Å². The van der Waals surface area contributed by atoms with Gasteiger partial charge in [-0.15, -0.1) is 0 Å². The number of aliphatic hydroxyl groups is 1. The number of hydrogen-bond donors (Lipinski definition) is 1. The van der Waals surface area contributed by atoms with Crippen LogP contribution in [0.4, 0.5) is 0 Å². The number of rotatable bonds is 10. The SMILES string of the molecule is C=CCOc1cccc(C2/C(=C(/O)c3cccc(OC(C)C)c3)C(=O)C(=O)N2CCCC)c1. The molecular formula is C27H31NO5. The van der Waals surface area contributed by atoms with E-state index in [-0.39, 0.29) is 17.4 Å². The molecule has 1 N–H and O–H groups in total. The van der Waals surface area contributed by atoms with Crippen molar-refractivity contribution in [1.29, 1.82) is 0 Å². The summed E-state index contributed by atoms with van der Waals surface area (Å²) in [6, 6.07) is 13.4. The second-order valence-corrected chi connectivity index (χ2v) is 8.21. The standard InChI is InChI=1S/C27H31NO5/c1-5-7-14-28-24(19-10-8-12-21(16-19)32-15-6-2)23(26(30)27(28)31)25(29)20-11-9-13-22(17-20)33-18(3)4/h6,8-13,16-18,24,29H,2,5,7,14-15H2,1,3-4H3/b25-23-. The topological polar surface area (TPSA) is 76.1 Å². The second-order valence-electron chi connectivity index (χ2n) is 8.21. The number of ketones is 1. The molecule has 2 aromatic rings. The number of carbonyl (C=O) groups is 2. The summed E-state index contributed by atoms with van der Waals surface area (Å²) in [5, 5.41) is 11.2. The first-order valence-corrected chi connectivity index (χ1v) is 11.3. The predicted molar refractivity (Wildman–Crippen MR) is 128 cm³/mol. The van der Waals surface area contributed by atoms with Crippen molar-refractivity contribution in [3.63, 3.8) is 0 Å². The van der Waals surface area contributed by atoms with Gasteiger partial charge in [0.2, 0.25) is 0 Å². The smallest absolute Gasteiger partial charge is 0.295 e. The van der Waals surface area contributed by atoms with Crippen molar-refractivity contribution in [3.8, 4) is 11.5 Å². The number of nitrogens with zero attached hydrogens (tertiary/aromatic N) is 1. The van der Waals surface area contributed by atoms with Crippen LogP contribution in [-0.4, -0.2) is 41.0 Å². The van der Waals surface area contributed by atoms with E-state index in [4.69, 9.17) is 9.47 Å². The Morgan fingerprint density at radius 2 is 1.88 bits per heavy atom. The summed E-state index contributed by atoms with van der Waals surface area (Å²) in [6.07, 6.45) is 3.22. The molecule has 6 heteroatoms. The van der Waals surface area contributed by atoms with Crippen molar-refractivity contribution >= 4 is 17.4 Å². The highest BCUT2D eigenvalue weighted by atomic mass is 16.5. The Bertz CT molecular complexity index is 1060. The van der Waals surface area contributed by atoms with Crippen LogP contribution in [-0.2, 0) is 9.59 Å². The maximum Gasteiger partial charge on any atom is 0.295 e. The molecule has 3 rings (SSSR count). The van der Waals surface area contributed by atoms with E-state index in [2.05, 4.69) is 6.58 Å². The van der Waals surface area contributed by atoms with Gasteiger partial charge < -0.3 is 19.5 Å². The third kappa shape index (κ3) is 5.45. The van der Waals surface area contributed by atoms with E-state index in [0.717, 1.165) is 12.8 Å². The third-order valence-electron chi connectivity index (χ3n) is 5.31. The molecule has 1 aliphatic heterocycles. The van der Waals surface area contributed by atoms with Crippen molar-refractivity contribution in [3.05, 3.63) is 77.9 Å². The summed E-state index contributed by atoms with van der Waals surface area (Å²) in [5.41, 5.74) is 1.19. The lowest BCUT2D eigenvalue weighted by Crippen LogP contribution is -2.30. The molecule has 2 aromatic carbocycles. The number of hydrogen-bond acceptors (Lipinski definition) is 5. The van der Waals surface area contributed by atoms with Gasteiger partial charge in [-0.25, -0.2) is 0 Å². The number of Topliss-reactive ketones (excluding diaryl/α,β-unsaturated/α-hetero) is 1. The third-order valence-corrected chi connectivity index (χ3v) is 5.31. The van der Waals surface area contributed by atoms with Gasteiger partial charge in [-0.3, -0.25) is 9.59 Å². The molecule has 1 amide bonds. The van der Waals surface area contributed by atoms with Gasteiger partial charge in [0.05, 0.1) is 17.7 Å². The number of aliphatic hydroxyl groups excluding tert-OH is 1. The largest absolute Gasteiger partial charge is 0.507 e. The lowest BCUT2D eigenvalue weighted by Gasteiger charge is -2.25. The van der Waals surface area contributed by atoms with Gasteiger partial charge in [-0.1, -0.05) is 50.3 Å². The number of amides is 1. The van der Waals surface area contributed by atoms with Crippen LogP contribution in [0, 0.1) is 0 Å². The normalized spacial score (nSPS) is 17.5. The Morgan fingerprint density at radius 1 is 1.15 bits per heavy atom. The summed E-state index contributed by atoms with van der Waals surface area (Å²) < 4.78 is 11.4. The first kappa shape index (κ1) is 24.1. The number of carbonyl (C=O) groups excluding carboxylic acids is 2. The fourth-order valence-electron chi connectivity index (χ4n) is 3.86. The Balaban J connectivity index is 2.12. The summed E-state index contributed by atoms with van der Waals surface area (Å²) in [4.78, 5) is 27.6. The lowest BCUT2D eigenvalue weighted by molar-refractivity contribution is -0.139. The molecule has 0 aromatic heterocycles. The van der Waals surface area contributed by atoms with Crippen LogP contribution in [0.2, 0.25) is 0 Å². The molecule has 0 saturated carbocycles. The minimum atomic E-state index is -0.710. The van der Waals surface area contributed by atoms with Crippen LogP contribution in [0.3, 0.4) is 0 Å². The zero-order valence-corrected chi connectivity index (χ0v) is 19.4. The predicted octanol–water partition coefficient (Wildman–Crippen LogP) is 5.26. The van der Waals surface area contributed by atoms with Gasteiger partial charge in [0.15, 0.2) is 0 Å². The number of likely N-dealkylation sites (tertiary alicyclic amines) is 1. The van der Waals surface area contributed by atoms with E-state index in [0.29, 0.717) is 35.8 Å². The molecule has 1 aliphatic rings. The monoisotopic (exact) mass is 449 g/mol. The van der Waals surface area contributed by atoms with E-state index in [1.807, 2.05) is 32.9 Å². The van der Waals surface area contributed by atoms with Crippen LogP contribution in [0.15, 0.2) is 66.8 Å². The van der Waals surface area contributed by atoms with Crippen molar-refractivity contribution < 1.29 is 24.2 Å². The van der Waals surface area contributed by atoms with Crippen molar-refractivity contribution in [2.24, 2.45) is 0 Å². The fourth-order valence-corrected chi connectivity index (χ4v) is 3.86. The summed E-state index contributed by atoms with van der Waals surface area (Å²) in [5.74, 6) is -0.349. The molecule has 6 nitrogen and oxygen atoms in total. The molecule has 33 heavy (non-hydrogen) atoms. The average molecular weight is 450 g/mol. The van der Waals surface area contributed by atoms with Crippen molar-refractivity contribution in [2.45, 2.75) is 45.8 Å². The fraction of sp³-hybridized carbons (Fsp3) is 0.333. The minimum absolute atomic E-state index is 0.0414. The molecule has 0 aliphatic carbocycles. The molecule has 1 fully saturated rings. The molecule has 174 valence electrons. The highest BCUT2D eigenvalue weighted by molar-refractivity contribution is 6.46. The second kappa shape index (κ2) is 10.9. The maximum absolute atomic E-state index is 13.1. The van der Waals surface area contributed by atoms with Crippen LogP contribution in [0.25, 0.3) is 5.76 Å². The van der Waals surface area contributed by atoms with Gasteiger partial charge in [-0.05, 0) is 50.1 Å². The van der Waals surface area contributed by atoms with Crippen molar-refractivity contribution in [1.82, 2.24) is 4.90 Å². The number of unbranched alkanes of at least 4 members (excludes halogenated alkanes) is 1. The Hall–Kier alpha value is -3.54. The maximum atomic E-state index is 13.1. The quantitative estimate of drug-likeness (QED) is 0.232. The Labute approximate surface area is 195 Å². The van der Waals surface area contributed by atoms with Crippen LogP contribution in [0.1, 0.15) is 50.8 Å². The minimum Gasteiger partial charge on any atom is -0.507 e. The van der Waals surface area contributed by atoms with E-state index in [1.54, 1.807) is 47.4 Å². The van der Waals surface area contributed by atoms with E-state index >= 15 is 0 Å². The Morgan fingerprint density at radius 3 is 2.58 bits per heavy atom. The number of ether oxygens (including phenoxy) is 2. The highest BCUT2D eigenvalue weighted by Gasteiger charge is 2.45. The molecule has 0 bridgehead atoms. The first-order valence-electron chi connectivity index (χ1n) is 11.3. The Kier molecular flexibility index (Phi) is 7.93. The first-order chi connectivity index (χ1) is 15.9. The van der Waals surface area contributed by atoms with E-state index in [1.165, 1.54) is 0 Å². The summed E-state index contributed by atoms with van der Waals surface area (Å²) in [6.45, 7) is 10.3. The summed E-state index contributed by atoms with van der Waals surface area (Å²) in [7, 11) is 0. The number of benzene rings is 2. The van der Waals surface area contributed by atoms with Crippen LogP contribution in [0.5, 0.6) is 11.5 Å². The lowest BCUT2D eigenvalue weighted by atomic mass is 9.95. The zero-order valence-electron chi connectivity index (χ0n) is 19.4. The van der Waals surface area contributed by atoms with Crippen LogP contribution >= 0.6 is 0 Å². The van der Waals surface area contributed by atoms with Gasteiger partial charge in [0.1, 0.15) is 23.9 Å². The van der Waals surface area contributed by atoms with Crippen LogP contribution < -0.4 is 9.47 Å². The zero-order chi connectivity index (χ0) is 24.0. The van der Waals surface area contributed by atoms with Crippen molar-refractivity contribution in [2.75, 3.05) is 13.2 Å². The molecule has 1 heterocycles. The van der Waals surface area contributed by atoms with Gasteiger partial charge in [-0.2, -0.15) is 0 Å².